The minimum absolute atomic E-state index is 0.195. The highest BCUT2D eigenvalue weighted by molar-refractivity contribution is 9.10. The van der Waals surface area contributed by atoms with Crippen LogP contribution in [-0.2, 0) is 4.84 Å². The fourth-order valence-corrected chi connectivity index (χ4v) is 1.52. The number of aromatic nitrogens is 1. The maximum atomic E-state index is 5.69. The molecule has 0 amide bonds. The van der Waals surface area contributed by atoms with E-state index in [1.165, 1.54) is 0 Å². The Balaban J connectivity index is 3.04. The number of nitrogens with zero attached hydrogens (tertiary/aromatic N) is 1. The zero-order valence-electron chi connectivity index (χ0n) is 6.42. The van der Waals surface area contributed by atoms with Crippen LogP contribution in [0.1, 0.15) is 18.6 Å². The smallest absolute Gasteiger partial charge is 0.129 e. The third kappa shape index (κ3) is 2.17. The van der Waals surface area contributed by atoms with Crippen molar-refractivity contribution < 1.29 is 4.84 Å². The lowest BCUT2D eigenvalue weighted by molar-refractivity contribution is 0.0659. The Morgan fingerprint density at radius 1 is 1.75 bits per heavy atom. The second kappa shape index (κ2) is 4.18. The van der Waals surface area contributed by atoms with Crippen LogP contribution in [0.2, 0.25) is 5.15 Å². The molecule has 0 fully saturated rings. The van der Waals surface area contributed by atoms with E-state index in [2.05, 4.69) is 25.8 Å². The lowest BCUT2D eigenvalue weighted by atomic mass is 10.2. The predicted molar refractivity (Wildman–Crippen MR) is 50.6 cm³/mol. The molecule has 66 valence electrons. The van der Waals surface area contributed by atoms with Crippen LogP contribution in [0.25, 0.3) is 0 Å². The number of hydrogen-bond acceptors (Lipinski definition) is 3. The lowest BCUT2D eigenvalue weighted by Crippen LogP contribution is -2.06. The molecule has 12 heavy (non-hydrogen) atoms. The normalized spacial score (nSPS) is 13.0. The van der Waals surface area contributed by atoms with Crippen LogP contribution >= 0.6 is 27.5 Å². The van der Waals surface area contributed by atoms with Crippen molar-refractivity contribution in [3.63, 3.8) is 0 Å². The Labute approximate surface area is 84.0 Å². The summed E-state index contributed by atoms with van der Waals surface area (Å²) in [6.45, 7) is 1.83. The van der Waals surface area contributed by atoms with Gasteiger partial charge in [-0.3, -0.25) is 4.84 Å². The van der Waals surface area contributed by atoms with Crippen LogP contribution in [-0.4, -0.2) is 4.98 Å². The van der Waals surface area contributed by atoms with Crippen LogP contribution < -0.4 is 5.90 Å². The molecule has 5 heteroatoms. The molecular formula is C7H8BrClN2O. The van der Waals surface area contributed by atoms with Crippen LogP contribution in [0.3, 0.4) is 0 Å². The average Bonchev–Trinajstić information content (AvgIpc) is 2.08. The number of halogens is 2. The molecule has 1 atom stereocenters. The molecule has 2 N–H and O–H groups in total. The third-order valence-electron chi connectivity index (χ3n) is 1.49. The minimum atomic E-state index is -0.195. The van der Waals surface area contributed by atoms with Gasteiger partial charge < -0.3 is 0 Å². The van der Waals surface area contributed by atoms with E-state index in [9.17, 15) is 0 Å². The predicted octanol–water partition coefficient (Wildman–Crippen LogP) is 2.45. The van der Waals surface area contributed by atoms with E-state index in [1.54, 1.807) is 12.3 Å². The zero-order valence-corrected chi connectivity index (χ0v) is 8.76. The van der Waals surface area contributed by atoms with Gasteiger partial charge >= 0.3 is 0 Å². The van der Waals surface area contributed by atoms with Crippen LogP contribution in [0.4, 0.5) is 0 Å². The maximum Gasteiger partial charge on any atom is 0.129 e. The first-order chi connectivity index (χ1) is 5.65. The second-order valence-corrected chi connectivity index (χ2v) is 3.55. The molecule has 1 aromatic rings. The Hall–Kier alpha value is -0.160. The van der Waals surface area contributed by atoms with Gasteiger partial charge in [-0.05, 0) is 28.9 Å². The number of rotatable bonds is 2. The van der Waals surface area contributed by atoms with E-state index in [1.807, 2.05) is 6.92 Å². The Morgan fingerprint density at radius 2 is 2.42 bits per heavy atom. The van der Waals surface area contributed by atoms with Crippen molar-refractivity contribution in [1.29, 1.82) is 0 Å². The van der Waals surface area contributed by atoms with Gasteiger partial charge in [0.15, 0.2) is 0 Å². The van der Waals surface area contributed by atoms with Crippen LogP contribution in [0.5, 0.6) is 0 Å². The molecule has 1 unspecified atom stereocenters. The highest BCUT2D eigenvalue weighted by Crippen LogP contribution is 2.25. The molecule has 0 radical (unpaired) electrons. The van der Waals surface area contributed by atoms with Gasteiger partial charge in [0.05, 0.1) is 0 Å². The van der Waals surface area contributed by atoms with Crippen molar-refractivity contribution >= 4 is 27.5 Å². The Bertz CT molecular complexity index is 282. The van der Waals surface area contributed by atoms with Gasteiger partial charge in [-0.25, -0.2) is 10.9 Å². The largest absolute Gasteiger partial charge is 0.297 e. The first-order valence-electron chi connectivity index (χ1n) is 3.31. The van der Waals surface area contributed by atoms with E-state index in [-0.39, 0.29) is 6.10 Å². The standard InChI is InChI=1S/C7H8BrClN2O/c1-4(12-10)5-2-7(9)11-3-6(5)8/h2-4H,10H2,1H3. The van der Waals surface area contributed by atoms with Crippen molar-refractivity contribution in [3.05, 3.63) is 27.5 Å². The molecule has 0 aliphatic heterocycles. The molecule has 1 aromatic heterocycles. The molecular weight excluding hydrogens is 243 g/mol. The maximum absolute atomic E-state index is 5.69. The fraction of sp³-hybridized carbons (Fsp3) is 0.286. The van der Waals surface area contributed by atoms with Gasteiger partial charge in [0.25, 0.3) is 0 Å². The summed E-state index contributed by atoms with van der Waals surface area (Å²) in [4.78, 5) is 8.53. The molecule has 0 bridgehead atoms. The second-order valence-electron chi connectivity index (χ2n) is 2.31. The van der Waals surface area contributed by atoms with Crippen molar-refractivity contribution in [2.45, 2.75) is 13.0 Å². The monoisotopic (exact) mass is 250 g/mol. The summed E-state index contributed by atoms with van der Waals surface area (Å²) in [7, 11) is 0. The van der Waals surface area contributed by atoms with Crippen molar-refractivity contribution in [1.82, 2.24) is 4.98 Å². The molecule has 3 nitrogen and oxygen atoms in total. The van der Waals surface area contributed by atoms with Gasteiger partial charge in [-0.1, -0.05) is 11.6 Å². The molecule has 0 saturated carbocycles. The zero-order chi connectivity index (χ0) is 9.14. The molecule has 0 aromatic carbocycles. The summed E-state index contributed by atoms with van der Waals surface area (Å²) in [6.07, 6.45) is 1.42. The van der Waals surface area contributed by atoms with Crippen molar-refractivity contribution in [3.8, 4) is 0 Å². The summed E-state index contributed by atoms with van der Waals surface area (Å²) < 4.78 is 0.838. The molecule has 1 rings (SSSR count). The first kappa shape index (κ1) is 9.92. The topological polar surface area (TPSA) is 48.1 Å². The number of pyridine rings is 1. The van der Waals surface area contributed by atoms with E-state index in [0.717, 1.165) is 10.0 Å². The summed E-state index contributed by atoms with van der Waals surface area (Å²) in [5.41, 5.74) is 0.887. The van der Waals surface area contributed by atoms with Gasteiger partial charge in [0.1, 0.15) is 11.3 Å². The van der Waals surface area contributed by atoms with Gasteiger partial charge in [-0.15, -0.1) is 0 Å². The van der Waals surface area contributed by atoms with E-state index >= 15 is 0 Å². The molecule has 0 aliphatic carbocycles. The Kier molecular flexibility index (Phi) is 3.46. The Morgan fingerprint density at radius 3 is 3.00 bits per heavy atom. The van der Waals surface area contributed by atoms with Crippen LogP contribution in [0.15, 0.2) is 16.7 Å². The summed E-state index contributed by atoms with van der Waals surface area (Å²) >= 11 is 9.00. The van der Waals surface area contributed by atoms with E-state index in [0.29, 0.717) is 5.15 Å². The van der Waals surface area contributed by atoms with Gasteiger partial charge in [-0.2, -0.15) is 0 Å². The molecule has 0 saturated heterocycles. The summed E-state index contributed by atoms with van der Waals surface area (Å²) in [6, 6.07) is 1.71. The van der Waals surface area contributed by atoms with E-state index in [4.69, 9.17) is 17.5 Å². The van der Waals surface area contributed by atoms with Gasteiger partial charge in [0, 0.05) is 16.2 Å². The van der Waals surface area contributed by atoms with Crippen LogP contribution in [0, 0.1) is 0 Å². The quantitative estimate of drug-likeness (QED) is 0.649. The number of nitrogens with two attached hydrogens (primary N) is 1. The highest BCUT2D eigenvalue weighted by atomic mass is 79.9. The SMILES string of the molecule is CC(ON)c1cc(Cl)ncc1Br. The fourth-order valence-electron chi connectivity index (χ4n) is 0.812. The number of hydrogen-bond donors (Lipinski definition) is 1. The highest BCUT2D eigenvalue weighted by Gasteiger charge is 2.09. The lowest BCUT2D eigenvalue weighted by Gasteiger charge is -2.10. The molecule has 1 heterocycles. The summed E-state index contributed by atoms with van der Waals surface area (Å²) in [5, 5.41) is 0.428. The minimum Gasteiger partial charge on any atom is -0.297 e. The molecule has 0 spiro atoms. The van der Waals surface area contributed by atoms with Gasteiger partial charge in [0.2, 0.25) is 0 Å². The third-order valence-corrected chi connectivity index (χ3v) is 2.36. The van der Waals surface area contributed by atoms with E-state index < -0.39 is 0 Å². The first-order valence-corrected chi connectivity index (χ1v) is 4.48. The molecule has 0 aliphatic rings. The average molecular weight is 252 g/mol. The van der Waals surface area contributed by atoms with Crippen molar-refractivity contribution in [2.24, 2.45) is 5.90 Å². The van der Waals surface area contributed by atoms with Crippen molar-refractivity contribution in [2.75, 3.05) is 0 Å². The summed E-state index contributed by atoms with van der Waals surface area (Å²) in [5.74, 6) is 5.04.